The third kappa shape index (κ3) is 3.29. The standard InChI is InChI=1S/C11H10BrIN4/c1-6-15-10(14)5-11(16-6)17-7-2-3-8(12)9(13)4-7/h2-5H,1H3,(H3,14,15,16,17). The second kappa shape index (κ2) is 5.18. The van der Waals surface area contributed by atoms with E-state index in [2.05, 4.69) is 53.8 Å². The van der Waals surface area contributed by atoms with Gasteiger partial charge in [-0.05, 0) is 63.6 Å². The van der Waals surface area contributed by atoms with E-state index in [-0.39, 0.29) is 0 Å². The SMILES string of the molecule is Cc1nc(N)cc(Nc2ccc(Br)c(I)c2)n1. The van der Waals surface area contributed by atoms with E-state index in [1.165, 1.54) is 0 Å². The van der Waals surface area contributed by atoms with Gasteiger partial charge in [0.25, 0.3) is 0 Å². The fourth-order valence-electron chi connectivity index (χ4n) is 1.38. The van der Waals surface area contributed by atoms with Crippen LogP contribution < -0.4 is 11.1 Å². The van der Waals surface area contributed by atoms with Crippen LogP contribution in [0, 0.1) is 10.5 Å². The topological polar surface area (TPSA) is 63.8 Å². The largest absolute Gasteiger partial charge is 0.384 e. The van der Waals surface area contributed by atoms with Crippen LogP contribution in [0.25, 0.3) is 0 Å². The molecule has 17 heavy (non-hydrogen) atoms. The molecule has 0 aliphatic rings. The summed E-state index contributed by atoms with van der Waals surface area (Å²) in [6.45, 7) is 1.81. The molecule has 0 spiro atoms. The van der Waals surface area contributed by atoms with Crippen LogP contribution in [0.2, 0.25) is 0 Å². The first-order valence-corrected chi connectivity index (χ1v) is 6.75. The minimum absolute atomic E-state index is 0.465. The number of anilines is 3. The minimum atomic E-state index is 0.465. The lowest BCUT2D eigenvalue weighted by Crippen LogP contribution is -2.00. The quantitative estimate of drug-likeness (QED) is 0.752. The van der Waals surface area contributed by atoms with Gasteiger partial charge >= 0.3 is 0 Å². The highest BCUT2D eigenvalue weighted by Gasteiger charge is 2.02. The zero-order chi connectivity index (χ0) is 12.4. The number of rotatable bonds is 2. The Kier molecular flexibility index (Phi) is 3.82. The number of aryl methyl sites for hydroxylation is 1. The van der Waals surface area contributed by atoms with E-state index in [1.807, 2.05) is 25.1 Å². The average molecular weight is 405 g/mol. The Labute approximate surface area is 121 Å². The number of hydrogen-bond acceptors (Lipinski definition) is 4. The van der Waals surface area contributed by atoms with Crippen molar-refractivity contribution < 1.29 is 0 Å². The fourth-order valence-corrected chi connectivity index (χ4v) is 2.14. The van der Waals surface area contributed by atoms with Crippen molar-refractivity contribution in [1.29, 1.82) is 0 Å². The first-order chi connectivity index (χ1) is 8.04. The Morgan fingerprint density at radius 3 is 2.71 bits per heavy atom. The number of halogens is 2. The van der Waals surface area contributed by atoms with Crippen molar-refractivity contribution >= 4 is 55.8 Å². The summed E-state index contributed by atoms with van der Waals surface area (Å²) >= 11 is 5.72. The van der Waals surface area contributed by atoms with E-state index in [4.69, 9.17) is 5.73 Å². The maximum atomic E-state index is 5.67. The van der Waals surface area contributed by atoms with Crippen molar-refractivity contribution in [3.8, 4) is 0 Å². The van der Waals surface area contributed by atoms with Crippen molar-refractivity contribution in [3.05, 3.63) is 38.1 Å². The molecule has 0 bridgehead atoms. The summed E-state index contributed by atoms with van der Waals surface area (Å²) in [7, 11) is 0. The van der Waals surface area contributed by atoms with Crippen molar-refractivity contribution in [2.24, 2.45) is 0 Å². The molecule has 88 valence electrons. The molecule has 3 N–H and O–H groups in total. The summed E-state index contributed by atoms with van der Waals surface area (Å²) in [4.78, 5) is 8.29. The van der Waals surface area contributed by atoms with Crippen LogP contribution in [-0.4, -0.2) is 9.97 Å². The Morgan fingerprint density at radius 1 is 1.29 bits per heavy atom. The second-order valence-electron chi connectivity index (χ2n) is 3.48. The van der Waals surface area contributed by atoms with E-state index < -0.39 is 0 Å². The number of nitrogens with two attached hydrogens (primary N) is 1. The number of aromatic nitrogens is 2. The molecule has 2 rings (SSSR count). The highest BCUT2D eigenvalue weighted by atomic mass is 127. The van der Waals surface area contributed by atoms with Crippen molar-refractivity contribution in [1.82, 2.24) is 9.97 Å². The molecule has 1 aromatic carbocycles. The van der Waals surface area contributed by atoms with Crippen LogP contribution in [0.4, 0.5) is 17.3 Å². The first kappa shape index (κ1) is 12.6. The summed E-state index contributed by atoms with van der Waals surface area (Å²) in [5.41, 5.74) is 6.63. The van der Waals surface area contributed by atoms with Gasteiger partial charge in [-0.3, -0.25) is 0 Å². The molecule has 0 aliphatic heterocycles. The molecule has 0 unspecified atom stereocenters. The molecule has 0 fully saturated rings. The molecule has 0 atom stereocenters. The third-order valence-corrected chi connectivity index (χ3v) is 4.38. The molecular weight excluding hydrogens is 395 g/mol. The molecule has 0 saturated carbocycles. The fraction of sp³-hybridized carbons (Fsp3) is 0.0909. The number of hydrogen-bond donors (Lipinski definition) is 2. The minimum Gasteiger partial charge on any atom is -0.384 e. The smallest absolute Gasteiger partial charge is 0.136 e. The van der Waals surface area contributed by atoms with E-state index in [0.717, 1.165) is 13.7 Å². The summed E-state index contributed by atoms with van der Waals surface area (Å²) in [6.07, 6.45) is 0. The molecule has 6 heteroatoms. The van der Waals surface area contributed by atoms with Gasteiger partial charge in [0.1, 0.15) is 17.5 Å². The lowest BCUT2D eigenvalue weighted by Gasteiger charge is -2.08. The van der Waals surface area contributed by atoms with E-state index in [0.29, 0.717) is 17.5 Å². The maximum absolute atomic E-state index is 5.67. The van der Waals surface area contributed by atoms with Crippen molar-refractivity contribution in [2.45, 2.75) is 6.92 Å². The highest BCUT2D eigenvalue weighted by molar-refractivity contribution is 14.1. The Hall–Kier alpha value is -0.890. The Bertz CT molecular complexity index is 539. The summed E-state index contributed by atoms with van der Waals surface area (Å²) in [5, 5.41) is 3.20. The lowest BCUT2D eigenvalue weighted by molar-refractivity contribution is 1.06. The number of benzene rings is 1. The normalized spacial score (nSPS) is 10.3. The Morgan fingerprint density at radius 2 is 2.06 bits per heavy atom. The molecular formula is C11H10BrIN4. The van der Waals surface area contributed by atoms with Crippen LogP contribution in [0.5, 0.6) is 0 Å². The highest BCUT2D eigenvalue weighted by Crippen LogP contribution is 2.24. The lowest BCUT2D eigenvalue weighted by atomic mass is 10.3. The van der Waals surface area contributed by atoms with Gasteiger partial charge in [0, 0.05) is 19.8 Å². The van der Waals surface area contributed by atoms with Crippen LogP contribution in [0.3, 0.4) is 0 Å². The van der Waals surface area contributed by atoms with Gasteiger partial charge in [0.05, 0.1) is 0 Å². The van der Waals surface area contributed by atoms with E-state index in [1.54, 1.807) is 6.07 Å². The predicted octanol–water partition coefficient (Wildman–Crippen LogP) is 3.48. The van der Waals surface area contributed by atoms with Crippen LogP contribution in [0.15, 0.2) is 28.7 Å². The van der Waals surface area contributed by atoms with Crippen LogP contribution >= 0.6 is 38.5 Å². The second-order valence-corrected chi connectivity index (χ2v) is 5.50. The van der Waals surface area contributed by atoms with E-state index >= 15 is 0 Å². The van der Waals surface area contributed by atoms with Gasteiger partial charge in [-0.1, -0.05) is 0 Å². The molecule has 1 heterocycles. The van der Waals surface area contributed by atoms with Gasteiger partial charge in [-0.15, -0.1) is 0 Å². The molecule has 4 nitrogen and oxygen atoms in total. The van der Waals surface area contributed by atoms with Crippen LogP contribution in [0.1, 0.15) is 5.82 Å². The van der Waals surface area contributed by atoms with Gasteiger partial charge in [-0.2, -0.15) is 0 Å². The van der Waals surface area contributed by atoms with Crippen molar-refractivity contribution in [3.63, 3.8) is 0 Å². The predicted molar refractivity (Wildman–Crippen MR) is 81.3 cm³/mol. The number of nitrogens with one attached hydrogen (secondary N) is 1. The van der Waals surface area contributed by atoms with Gasteiger partial charge in [-0.25, -0.2) is 9.97 Å². The molecule has 2 aromatic rings. The molecule has 0 amide bonds. The van der Waals surface area contributed by atoms with E-state index in [9.17, 15) is 0 Å². The van der Waals surface area contributed by atoms with Gasteiger partial charge in [0.15, 0.2) is 0 Å². The van der Waals surface area contributed by atoms with Crippen molar-refractivity contribution in [2.75, 3.05) is 11.1 Å². The molecule has 0 saturated heterocycles. The maximum Gasteiger partial charge on any atom is 0.136 e. The Balaban J connectivity index is 2.28. The summed E-state index contributed by atoms with van der Waals surface area (Å²) < 4.78 is 2.20. The molecule has 1 aromatic heterocycles. The third-order valence-electron chi connectivity index (χ3n) is 2.05. The zero-order valence-corrected chi connectivity index (χ0v) is 12.8. The zero-order valence-electron chi connectivity index (χ0n) is 9.04. The monoisotopic (exact) mass is 404 g/mol. The van der Waals surface area contributed by atoms with Gasteiger partial charge < -0.3 is 11.1 Å². The number of nitrogen functional groups attached to an aromatic ring is 1. The first-order valence-electron chi connectivity index (χ1n) is 4.88. The molecule has 0 aliphatic carbocycles. The van der Waals surface area contributed by atoms with Gasteiger partial charge in [0.2, 0.25) is 0 Å². The number of nitrogens with zero attached hydrogens (tertiary/aromatic N) is 2. The average Bonchev–Trinajstić information content (AvgIpc) is 2.22. The van der Waals surface area contributed by atoms with Crippen LogP contribution in [-0.2, 0) is 0 Å². The molecule has 0 radical (unpaired) electrons. The summed E-state index contributed by atoms with van der Waals surface area (Å²) in [5.74, 6) is 1.82. The summed E-state index contributed by atoms with van der Waals surface area (Å²) in [6, 6.07) is 7.70.